The highest BCUT2D eigenvalue weighted by molar-refractivity contribution is 6.03. The van der Waals surface area contributed by atoms with E-state index in [1.165, 1.54) is 23.1 Å². The molecular weight excluding hydrogens is 427 g/mol. The van der Waals surface area contributed by atoms with E-state index in [0.29, 0.717) is 30.0 Å². The van der Waals surface area contributed by atoms with E-state index in [-0.39, 0.29) is 25.7 Å². The number of nitrogens with zero attached hydrogens (tertiary/aromatic N) is 3. The monoisotopic (exact) mass is 456 g/mol. The van der Waals surface area contributed by atoms with E-state index < -0.39 is 17.8 Å². The Morgan fingerprint density at radius 3 is 2.70 bits per heavy atom. The lowest BCUT2D eigenvalue weighted by Crippen LogP contribution is -2.47. The van der Waals surface area contributed by atoms with Crippen LogP contribution < -0.4 is 10.1 Å². The van der Waals surface area contributed by atoms with Crippen LogP contribution in [0.4, 0.5) is 9.18 Å². The minimum Gasteiger partial charge on any atom is -0.497 e. The van der Waals surface area contributed by atoms with E-state index >= 15 is 0 Å². The van der Waals surface area contributed by atoms with Crippen LogP contribution in [-0.4, -0.2) is 68.0 Å². The molecule has 1 atom stereocenters. The highest BCUT2D eigenvalue weighted by atomic mass is 19.1. The van der Waals surface area contributed by atoms with Gasteiger partial charge in [0.2, 0.25) is 0 Å². The molecule has 8 nitrogen and oxygen atoms in total. The number of carbonyl (C=O) groups excluding carboxylic acids is 2. The molecule has 1 heterocycles. The van der Waals surface area contributed by atoms with Crippen LogP contribution in [0.25, 0.3) is 0 Å². The molecule has 3 rings (SSSR count). The van der Waals surface area contributed by atoms with Gasteiger partial charge in [0.05, 0.1) is 25.5 Å². The van der Waals surface area contributed by atoms with Crippen molar-refractivity contribution in [1.82, 2.24) is 15.2 Å². The van der Waals surface area contributed by atoms with Gasteiger partial charge in [-0.15, -0.1) is 0 Å². The molecule has 0 radical (unpaired) electrons. The molecule has 0 saturated carbocycles. The topological polar surface area (TPSA) is 83.5 Å². The predicted molar refractivity (Wildman–Crippen MR) is 123 cm³/mol. The maximum atomic E-state index is 14.7. The molecule has 176 valence electrons. The summed E-state index contributed by atoms with van der Waals surface area (Å²) < 4.78 is 25.1. The first kappa shape index (κ1) is 24.2. The number of amides is 3. The highest BCUT2D eigenvalue weighted by Gasteiger charge is 2.35. The number of carbonyl (C=O) groups is 2. The van der Waals surface area contributed by atoms with Gasteiger partial charge in [-0.2, -0.15) is 5.10 Å². The molecule has 1 aliphatic heterocycles. The molecule has 2 aromatic rings. The van der Waals surface area contributed by atoms with Crippen LogP contribution in [0, 0.1) is 5.82 Å². The summed E-state index contributed by atoms with van der Waals surface area (Å²) in [5.41, 5.74) is 1.79. The van der Waals surface area contributed by atoms with Gasteiger partial charge in [0.1, 0.15) is 18.1 Å². The van der Waals surface area contributed by atoms with Gasteiger partial charge in [-0.05, 0) is 25.1 Å². The van der Waals surface area contributed by atoms with Crippen LogP contribution in [0.5, 0.6) is 5.75 Å². The van der Waals surface area contributed by atoms with E-state index in [1.807, 2.05) is 24.3 Å². The van der Waals surface area contributed by atoms with Gasteiger partial charge in [0, 0.05) is 37.7 Å². The Kier molecular flexibility index (Phi) is 8.37. The SMILES string of the molecule is CCNC(=O)N(CCOC)CC(=O)N1N=C(c2cccc(OC)c2)C[C@@H]1c1ccccc1F. The zero-order chi connectivity index (χ0) is 23.8. The number of hydrazone groups is 1. The number of methoxy groups -OCH3 is 2. The van der Waals surface area contributed by atoms with E-state index in [9.17, 15) is 14.0 Å². The number of urea groups is 1. The van der Waals surface area contributed by atoms with Gasteiger partial charge in [0.15, 0.2) is 0 Å². The first-order chi connectivity index (χ1) is 16.0. The summed E-state index contributed by atoms with van der Waals surface area (Å²) >= 11 is 0. The average molecular weight is 457 g/mol. The standard InChI is InChI=1S/C24H29FN4O4/c1-4-26-24(31)28(12-13-32-2)16-23(30)29-22(19-10-5-6-11-20(19)25)15-21(27-29)17-8-7-9-18(14-17)33-3/h5-11,14,22H,4,12-13,15-16H2,1-3H3,(H,26,31)/t22-/m1/s1. The van der Waals surface area contributed by atoms with Crippen LogP contribution >= 0.6 is 0 Å². The maximum absolute atomic E-state index is 14.7. The van der Waals surface area contributed by atoms with Crippen LogP contribution in [0.1, 0.15) is 30.5 Å². The van der Waals surface area contributed by atoms with Crippen LogP contribution in [0.2, 0.25) is 0 Å². The summed E-state index contributed by atoms with van der Waals surface area (Å²) in [5.74, 6) is -0.171. The van der Waals surface area contributed by atoms with Gasteiger partial charge in [0.25, 0.3) is 5.91 Å². The van der Waals surface area contributed by atoms with Crippen molar-refractivity contribution in [2.45, 2.75) is 19.4 Å². The largest absolute Gasteiger partial charge is 0.497 e. The third-order valence-corrected chi connectivity index (χ3v) is 5.34. The summed E-state index contributed by atoms with van der Waals surface area (Å²) in [4.78, 5) is 27.1. The molecular formula is C24H29FN4O4. The highest BCUT2D eigenvalue weighted by Crippen LogP contribution is 2.34. The van der Waals surface area contributed by atoms with Crippen molar-refractivity contribution >= 4 is 17.6 Å². The number of hydrogen-bond donors (Lipinski definition) is 1. The molecule has 0 spiro atoms. The molecule has 1 N–H and O–H groups in total. The molecule has 0 aliphatic carbocycles. The van der Waals surface area contributed by atoms with Crippen molar-refractivity contribution in [1.29, 1.82) is 0 Å². The van der Waals surface area contributed by atoms with E-state index in [2.05, 4.69) is 10.4 Å². The summed E-state index contributed by atoms with van der Waals surface area (Å²) in [6.45, 7) is 2.52. The van der Waals surface area contributed by atoms with Crippen molar-refractivity contribution in [3.05, 3.63) is 65.5 Å². The first-order valence-corrected chi connectivity index (χ1v) is 10.8. The summed E-state index contributed by atoms with van der Waals surface area (Å²) in [5, 5.41) is 8.54. The molecule has 2 aromatic carbocycles. The minimum absolute atomic E-state index is 0.213. The number of halogens is 1. The lowest BCUT2D eigenvalue weighted by Gasteiger charge is -2.27. The van der Waals surface area contributed by atoms with Crippen molar-refractivity contribution in [2.24, 2.45) is 5.10 Å². The Hall–Kier alpha value is -3.46. The summed E-state index contributed by atoms with van der Waals surface area (Å²) in [7, 11) is 3.10. The zero-order valence-electron chi connectivity index (χ0n) is 19.1. The van der Waals surface area contributed by atoms with E-state index in [1.54, 1.807) is 32.2 Å². The van der Waals surface area contributed by atoms with Crippen LogP contribution in [-0.2, 0) is 9.53 Å². The van der Waals surface area contributed by atoms with Crippen LogP contribution in [0.15, 0.2) is 53.6 Å². The van der Waals surface area contributed by atoms with Gasteiger partial charge in [-0.3, -0.25) is 4.79 Å². The Bertz CT molecular complexity index is 1010. The maximum Gasteiger partial charge on any atom is 0.317 e. The molecule has 33 heavy (non-hydrogen) atoms. The second kappa shape index (κ2) is 11.4. The molecule has 3 amide bonds. The average Bonchev–Trinajstić information content (AvgIpc) is 3.27. The molecule has 0 aromatic heterocycles. The van der Waals surface area contributed by atoms with Gasteiger partial charge >= 0.3 is 6.03 Å². The van der Waals surface area contributed by atoms with Gasteiger partial charge < -0.3 is 19.7 Å². The number of ether oxygens (including phenoxy) is 2. The third-order valence-electron chi connectivity index (χ3n) is 5.34. The second-order valence-electron chi connectivity index (χ2n) is 7.51. The number of benzene rings is 2. The van der Waals surface area contributed by atoms with Gasteiger partial charge in [-0.1, -0.05) is 30.3 Å². The Balaban J connectivity index is 1.92. The Labute approximate surface area is 193 Å². The van der Waals surface area contributed by atoms with Crippen molar-refractivity contribution < 1.29 is 23.5 Å². The number of hydrogen-bond acceptors (Lipinski definition) is 5. The normalized spacial score (nSPS) is 15.2. The predicted octanol–water partition coefficient (Wildman–Crippen LogP) is 3.19. The third kappa shape index (κ3) is 5.87. The fourth-order valence-corrected chi connectivity index (χ4v) is 3.66. The molecule has 9 heteroatoms. The summed E-state index contributed by atoms with van der Waals surface area (Å²) in [6, 6.07) is 12.7. The molecule has 0 fully saturated rings. The fraction of sp³-hybridized carbons (Fsp3) is 0.375. The van der Waals surface area contributed by atoms with Crippen molar-refractivity contribution in [3.63, 3.8) is 0 Å². The lowest BCUT2D eigenvalue weighted by atomic mass is 9.98. The Morgan fingerprint density at radius 2 is 2.00 bits per heavy atom. The number of rotatable bonds is 9. The molecule has 0 unspecified atom stereocenters. The smallest absolute Gasteiger partial charge is 0.317 e. The zero-order valence-corrected chi connectivity index (χ0v) is 19.1. The van der Waals surface area contributed by atoms with Crippen molar-refractivity contribution in [3.8, 4) is 5.75 Å². The number of nitrogens with one attached hydrogen (secondary N) is 1. The molecule has 0 bridgehead atoms. The second-order valence-corrected chi connectivity index (χ2v) is 7.51. The molecule has 1 aliphatic rings. The first-order valence-electron chi connectivity index (χ1n) is 10.8. The van der Waals surface area contributed by atoms with Crippen molar-refractivity contribution in [2.75, 3.05) is 40.5 Å². The summed E-state index contributed by atoms with van der Waals surface area (Å²) in [6.07, 6.45) is 0.332. The van der Waals surface area contributed by atoms with E-state index in [4.69, 9.17) is 9.47 Å². The lowest BCUT2D eigenvalue weighted by molar-refractivity contribution is -0.133. The minimum atomic E-state index is -0.626. The Morgan fingerprint density at radius 1 is 1.21 bits per heavy atom. The molecule has 0 saturated heterocycles. The van der Waals surface area contributed by atoms with E-state index in [0.717, 1.165) is 5.56 Å². The van der Waals surface area contributed by atoms with Gasteiger partial charge in [-0.25, -0.2) is 14.2 Å². The van der Waals surface area contributed by atoms with Crippen LogP contribution in [0.3, 0.4) is 0 Å². The quantitative estimate of drug-likeness (QED) is 0.628. The fourth-order valence-electron chi connectivity index (χ4n) is 3.66.